The molecule has 4 aromatic carbocycles. The monoisotopic (exact) mass is 634 g/mol. The Hall–Kier alpha value is -5.28. The van der Waals surface area contributed by atoms with E-state index in [1.165, 1.54) is 23.5 Å². The number of rotatable bonds is 10. The minimum Gasteiger partial charge on any atom is -0.494 e. The minimum absolute atomic E-state index is 0.171. The second-order valence-electron chi connectivity index (χ2n) is 10.4. The van der Waals surface area contributed by atoms with Crippen LogP contribution in [0.1, 0.15) is 42.1 Å². The molecule has 0 radical (unpaired) electrons. The number of halogens is 1. The topological polar surface area (TPSA) is 79.1 Å². The molecule has 6 rings (SSSR count). The minimum atomic E-state index is -0.784. The average molecular weight is 635 g/mol. The molecule has 0 unspecified atom stereocenters. The zero-order chi connectivity index (χ0) is 32.0. The van der Waals surface area contributed by atoms with E-state index in [-0.39, 0.29) is 30.2 Å². The quantitative estimate of drug-likeness (QED) is 0.175. The fraction of sp³-hybridized carbons (Fsp3) is 0.162. The van der Waals surface area contributed by atoms with Gasteiger partial charge in [-0.1, -0.05) is 78.1 Å². The summed E-state index contributed by atoms with van der Waals surface area (Å²) in [6, 6.07) is 29.6. The Kier molecular flexibility index (Phi) is 9.21. The van der Waals surface area contributed by atoms with Gasteiger partial charge in [0, 0.05) is 5.56 Å². The van der Waals surface area contributed by atoms with Crippen molar-refractivity contribution in [2.24, 2.45) is 4.99 Å². The van der Waals surface area contributed by atoms with Crippen LogP contribution in [0.4, 0.5) is 4.39 Å². The van der Waals surface area contributed by atoms with Crippen molar-refractivity contribution in [3.05, 3.63) is 156 Å². The molecule has 0 amide bonds. The summed E-state index contributed by atoms with van der Waals surface area (Å²) < 4.78 is 32.4. The molecule has 9 heteroatoms. The molecule has 232 valence electrons. The van der Waals surface area contributed by atoms with Gasteiger partial charge in [-0.2, -0.15) is 0 Å². The predicted octanol–water partition coefficient (Wildman–Crippen LogP) is 6.05. The number of fused-ring (bicyclic) bond motifs is 1. The Labute approximate surface area is 269 Å². The number of nitrogens with zero attached hydrogens (tertiary/aromatic N) is 2. The second kappa shape index (κ2) is 13.8. The maximum Gasteiger partial charge on any atom is 0.338 e. The van der Waals surface area contributed by atoms with Gasteiger partial charge in [0.15, 0.2) is 4.80 Å². The number of thiazole rings is 1. The number of carbonyl (C=O) groups excluding carboxylic acids is 1. The zero-order valence-electron chi connectivity index (χ0n) is 25.3. The third kappa shape index (κ3) is 6.55. The second-order valence-corrected chi connectivity index (χ2v) is 11.4. The summed E-state index contributed by atoms with van der Waals surface area (Å²) in [5, 5.41) is 0. The van der Waals surface area contributed by atoms with E-state index in [0.29, 0.717) is 33.1 Å². The summed E-state index contributed by atoms with van der Waals surface area (Å²) in [6.07, 6.45) is 1.79. The number of carbonyl (C=O) groups is 1. The van der Waals surface area contributed by atoms with E-state index in [0.717, 1.165) is 22.3 Å². The zero-order valence-corrected chi connectivity index (χ0v) is 26.1. The van der Waals surface area contributed by atoms with Crippen LogP contribution in [0.2, 0.25) is 0 Å². The molecule has 0 saturated carbocycles. The Balaban J connectivity index is 1.46. The lowest BCUT2D eigenvalue weighted by Crippen LogP contribution is -2.40. The van der Waals surface area contributed by atoms with Crippen LogP contribution in [0.15, 0.2) is 118 Å². The first kappa shape index (κ1) is 30.7. The van der Waals surface area contributed by atoms with E-state index in [1.807, 2.05) is 85.8 Å². The largest absolute Gasteiger partial charge is 0.494 e. The SMILES string of the molecule is CCOC(=O)C1=C(c2ccccc2)N=c2s/c(=C\c3cccc(OCc4ccc(F)cc4)c3)c(=O)n2[C@H]1c1ccc(OCC)cc1. The molecule has 5 aromatic rings. The van der Waals surface area contributed by atoms with Gasteiger partial charge in [0.25, 0.3) is 5.56 Å². The van der Waals surface area contributed by atoms with Crippen LogP contribution < -0.4 is 24.4 Å². The van der Waals surface area contributed by atoms with Crippen LogP contribution in [0.3, 0.4) is 0 Å². The van der Waals surface area contributed by atoms with Gasteiger partial charge in [0.2, 0.25) is 0 Å². The van der Waals surface area contributed by atoms with Crippen LogP contribution >= 0.6 is 11.3 Å². The molecule has 0 N–H and O–H groups in total. The van der Waals surface area contributed by atoms with Gasteiger partial charge in [-0.15, -0.1) is 0 Å². The van der Waals surface area contributed by atoms with Gasteiger partial charge in [-0.05, 0) is 73.0 Å². The summed E-state index contributed by atoms with van der Waals surface area (Å²) in [5.74, 6) is 0.450. The van der Waals surface area contributed by atoms with Crippen molar-refractivity contribution >= 4 is 29.1 Å². The third-order valence-electron chi connectivity index (χ3n) is 7.36. The third-order valence-corrected chi connectivity index (χ3v) is 8.34. The lowest BCUT2D eigenvalue weighted by molar-refractivity contribution is -0.138. The standard InChI is InChI=1S/C37H31FN2O5S/c1-3-43-29-19-15-27(16-20-29)34-32(36(42)44-4-2)33(26-10-6-5-7-11-26)39-37-40(34)35(41)31(46-37)22-25-9-8-12-30(21-25)45-23-24-13-17-28(38)18-14-24/h5-22,34H,3-4,23H2,1-2H3/b31-22-/t34-/m0/s1. The van der Waals surface area contributed by atoms with E-state index < -0.39 is 12.0 Å². The van der Waals surface area contributed by atoms with Gasteiger partial charge >= 0.3 is 5.97 Å². The van der Waals surface area contributed by atoms with Crippen molar-refractivity contribution in [2.45, 2.75) is 26.5 Å². The maximum atomic E-state index is 14.2. The van der Waals surface area contributed by atoms with Crippen molar-refractivity contribution in [3.8, 4) is 11.5 Å². The van der Waals surface area contributed by atoms with Crippen LogP contribution in [0, 0.1) is 5.82 Å². The molecule has 7 nitrogen and oxygen atoms in total. The number of esters is 1. The summed E-state index contributed by atoms with van der Waals surface area (Å²) in [5.41, 5.74) is 3.51. The number of aromatic nitrogens is 1. The maximum absolute atomic E-state index is 14.2. The van der Waals surface area contributed by atoms with E-state index in [2.05, 4.69) is 0 Å². The number of benzene rings is 4. The molecule has 0 fully saturated rings. The lowest BCUT2D eigenvalue weighted by Gasteiger charge is -2.26. The van der Waals surface area contributed by atoms with Crippen molar-refractivity contribution < 1.29 is 23.4 Å². The number of hydrogen-bond acceptors (Lipinski definition) is 7. The molecule has 0 aliphatic carbocycles. The Bertz CT molecular complexity index is 2070. The molecular formula is C37H31FN2O5S. The average Bonchev–Trinajstić information content (AvgIpc) is 3.39. The first-order valence-corrected chi connectivity index (χ1v) is 15.8. The highest BCUT2D eigenvalue weighted by Crippen LogP contribution is 2.35. The summed E-state index contributed by atoms with van der Waals surface area (Å²) in [4.78, 5) is 33.2. The van der Waals surface area contributed by atoms with Gasteiger partial charge in [-0.25, -0.2) is 14.2 Å². The highest BCUT2D eigenvalue weighted by Gasteiger charge is 2.35. The lowest BCUT2D eigenvalue weighted by atomic mass is 9.93. The summed E-state index contributed by atoms with van der Waals surface area (Å²) >= 11 is 1.25. The molecule has 1 aromatic heterocycles. The van der Waals surface area contributed by atoms with Crippen molar-refractivity contribution in [2.75, 3.05) is 13.2 Å². The number of ether oxygens (including phenoxy) is 3. The molecule has 0 spiro atoms. The normalized spacial score (nSPS) is 14.4. The fourth-order valence-electron chi connectivity index (χ4n) is 5.26. The summed E-state index contributed by atoms with van der Waals surface area (Å²) in [6.45, 7) is 4.61. The molecule has 2 heterocycles. The van der Waals surface area contributed by atoms with Crippen molar-refractivity contribution in [3.63, 3.8) is 0 Å². The first-order valence-electron chi connectivity index (χ1n) is 14.9. The van der Waals surface area contributed by atoms with Gasteiger partial charge < -0.3 is 14.2 Å². The van der Waals surface area contributed by atoms with E-state index in [1.54, 1.807) is 29.7 Å². The first-order chi connectivity index (χ1) is 22.4. The van der Waals surface area contributed by atoms with E-state index >= 15 is 0 Å². The van der Waals surface area contributed by atoms with Crippen molar-refractivity contribution in [1.82, 2.24) is 4.57 Å². The molecule has 0 bridgehead atoms. The van der Waals surface area contributed by atoms with E-state index in [9.17, 15) is 14.0 Å². The molecule has 1 aliphatic rings. The van der Waals surface area contributed by atoms with Gasteiger partial charge in [0.1, 0.15) is 23.9 Å². The highest BCUT2D eigenvalue weighted by atomic mass is 32.1. The molecule has 1 atom stereocenters. The number of hydrogen-bond donors (Lipinski definition) is 0. The molecular weight excluding hydrogens is 603 g/mol. The van der Waals surface area contributed by atoms with Crippen LogP contribution in [-0.4, -0.2) is 23.8 Å². The summed E-state index contributed by atoms with van der Waals surface area (Å²) in [7, 11) is 0. The van der Waals surface area contributed by atoms with Crippen molar-refractivity contribution in [1.29, 1.82) is 0 Å². The predicted molar refractivity (Wildman–Crippen MR) is 176 cm³/mol. The Morgan fingerprint density at radius 3 is 2.37 bits per heavy atom. The Morgan fingerprint density at radius 1 is 0.891 bits per heavy atom. The van der Waals surface area contributed by atoms with Crippen LogP contribution in [0.5, 0.6) is 11.5 Å². The molecule has 0 saturated heterocycles. The molecule has 46 heavy (non-hydrogen) atoms. The van der Waals surface area contributed by atoms with Gasteiger partial charge in [-0.3, -0.25) is 9.36 Å². The van der Waals surface area contributed by atoms with Crippen LogP contribution in [0.25, 0.3) is 11.8 Å². The van der Waals surface area contributed by atoms with Crippen LogP contribution in [-0.2, 0) is 16.1 Å². The smallest absolute Gasteiger partial charge is 0.338 e. The van der Waals surface area contributed by atoms with E-state index in [4.69, 9.17) is 19.2 Å². The molecule has 1 aliphatic heterocycles. The highest BCUT2D eigenvalue weighted by molar-refractivity contribution is 7.07. The Morgan fingerprint density at radius 2 is 1.65 bits per heavy atom. The fourth-order valence-corrected chi connectivity index (χ4v) is 6.26. The van der Waals surface area contributed by atoms with Gasteiger partial charge in [0.05, 0.1) is 35.1 Å².